The summed E-state index contributed by atoms with van der Waals surface area (Å²) < 4.78 is 0. The zero-order valence-corrected chi connectivity index (χ0v) is 26.9. The van der Waals surface area contributed by atoms with Gasteiger partial charge in [0.2, 0.25) is 0 Å². The van der Waals surface area contributed by atoms with Gasteiger partial charge in [-0.3, -0.25) is 4.79 Å². The molecule has 0 aromatic carbocycles. The number of halogens is 1. The Morgan fingerprint density at radius 2 is 1.18 bits per heavy atom. The zero-order valence-electron chi connectivity index (χ0n) is 25.1. The topological polar surface area (TPSA) is 136 Å². The number of carbonyl (C=O) groups is 1. The molecular weight excluding hydrogens is 620 g/mol. The van der Waals surface area contributed by atoms with E-state index in [4.69, 9.17) is 9.97 Å². The molecule has 5 heterocycles. The molecule has 0 amide bonds. The van der Waals surface area contributed by atoms with Crippen molar-refractivity contribution in [2.75, 3.05) is 0 Å². The van der Waals surface area contributed by atoms with Gasteiger partial charge >= 0.3 is 29.0 Å². The molecule has 1 radical (unpaired) electrons. The number of aromatic amines is 2. The number of rotatable bonds is 8. The van der Waals surface area contributed by atoms with Crippen LogP contribution in [-0.4, -0.2) is 46.9 Å². The summed E-state index contributed by atoms with van der Waals surface area (Å²) in [5, 5.41) is 19.0. The monoisotopic (exact) mass is 654 g/mol. The molecule has 0 unspecified atom stereocenters. The van der Waals surface area contributed by atoms with E-state index in [1.165, 1.54) is 0 Å². The normalized spacial score (nSPS) is 12.5. The molecule has 44 heavy (non-hydrogen) atoms. The number of aromatic nitrogens is 4. The van der Waals surface area contributed by atoms with Gasteiger partial charge in [0.25, 0.3) is 0 Å². The van der Waals surface area contributed by atoms with E-state index < -0.39 is 11.9 Å². The quantitative estimate of drug-likeness (QED) is 0.205. The Labute approximate surface area is 272 Å². The van der Waals surface area contributed by atoms with Crippen molar-refractivity contribution in [3.63, 3.8) is 0 Å². The maximum Gasteiger partial charge on any atom is 3.00 e. The van der Waals surface area contributed by atoms with Crippen molar-refractivity contribution >= 4 is 68.4 Å². The summed E-state index contributed by atoms with van der Waals surface area (Å²) in [6.07, 6.45) is 4.40. The van der Waals surface area contributed by atoms with Crippen molar-refractivity contribution < 1.29 is 49.3 Å². The number of nitrogens with one attached hydrogen (secondary N) is 2. The molecule has 10 heteroatoms. The number of allylic oxidation sites excluding steroid dienone is 4. The minimum Gasteiger partial charge on any atom is -1.00 e. The number of carboxylic acids is 2. The molecule has 0 fully saturated rings. The van der Waals surface area contributed by atoms with Gasteiger partial charge in [-0.2, -0.15) is 0 Å². The molecule has 0 saturated carbocycles. The maximum atomic E-state index is 11.5. The van der Waals surface area contributed by atoms with Crippen molar-refractivity contribution in [2.45, 2.75) is 53.4 Å². The third-order valence-corrected chi connectivity index (χ3v) is 8.23. The van der Waals surface area contributed by atoms with E-state index in [9.17, 15) is 19.8 Å². The average molecular weight is 655 g/mol. The predicted molar refractivity (Wildman–Crippen MR) is 171 cm³/mol. The van der Waals surface area contributed by atoms with Crippen LogP contribution < -0.4 is 12.4 Å². The Morgan fingerprint density at radius 3 is 1.64 bits per heavy atom. The number of aryl methyl sites for hydroxylation is 2. The Morgan fingerprint density at radius 1 is 0.750 bits per heavy atom. The van der Waals surface area contributed by atoms with Gasteiger partial charge in [0.1, 0.15) is 6.42 Å². The van der Waals surface area contributed by atoms with Crippen molar-refractivity contribution in [3.05, 3.63) is 82.5 Å². The predicted octanol–water partition coefficient (Wildman–Crippen LogP) is 4.79. The van der Waals surface area contributed by atoms with Gasteiger partial charge in [-0.05, 0) is 98.2 Å². The standard InChI is InChI=1S/C34H34N4O4.ClH.Fe/c1-7-21-17(3)25-13-26-19(5)23(9-11-33(39)40)31(37-26)16-32-24(10-12-34(41)42)20(6)28(38-32)15-30-22(8-2)18(4)27(36-30)14-29(21)35-25;;/h7-8,13-16,35-36H,1-2,9-12H2,3-6H3,(H,39,40)(H,41,42);1H;/q;;+3. The van der Waals surface area contributed by atoms with Crippen LogP contribution in [0.25, 0.3) is 56.5 Å². The first-order valence-electron chi connectivity index (χ1n) is 13.9. The average Bonchev–Trinajstić information content (AvgIpc) is 3.59. The third-order valence-electron chi connectivity index (χ3n) is 8.23. The Hall–Kier alpha value is -4.17. The second kappa shape index (κ2) is 13.6. The number of hydrogen-bond donors (Lipinski definition) is 4. The zero-order chi connectivity index (χ0) is 30.3. The minimum atomic E-state index is -0.882. The van der Waals surface area contributed by atoms with Crippen molar-refractivity contribution in [1.82, 2.24) is 19.9 Å². The van der Waals surface area contributed by atoms with Gasteiger partial charge in [0, 0.05) is 39.6 Å². The van der Waals surface area contributed by atoms with E-state index in [1.54, 1.807) is 0 Å². The van der Waals surface area contributed by atoms with Crippen molar-refractivity contribution in [2.24, 2.45) is 0 Å². The van der Waals surface area contributed by atoms with Crippen LogP contribution in [0.1, 0.15) is 84.6 Å². The number of nitrogens with zero attached hydrogens (tertiary/aromatic N) is 2. The summed E-state index contributed by atoms with van der Waals surface area (Å²) in [6.45, 7) is 16.1. The molecule has 0 atom stereocenters. The first-order chi connectivity index (χ1) is 20.0. The van der Waals surface area contributed by atoms with E-state index in [1.807, 2.05) is 58.0 Å². The SMILES string of the molecule is C=Cc1c(C)c2cc3[nH]c(cc4nc(cc5nc(cc1[nH]2)C(C)=C5CCC(=O)O)C(CCC(O)=[OH+])=C4C)c(C)c3C=C.[Cl-].[Fe+3]. The number of carboxylic acid groups (broad SMARTS) is 2. The summed E-state index contributed by atoms with van der Waals surface area (Å²) in [5.41, 5.74) is 13.9. The molecule has 2 aliphatic rings. The largest absolute Gasteiger partial charge is 3.00 e. The molecule has 227 valence electrons. The van der Waals surface area contributed by atoms with E-state index >= 15 is 0 Å². The molecule has 0 spiro atoms. The Bertz CT molecular complexity index is 1930. The molecule has 0 aliphatic carbocycles. The van der Waals surface area contributed by atoms with Crippen LogP contribution in [0, 0.1) is 13.8 Å². The van der Waals surface area contributed by atoms with E-state index in [-0.39, 0.29) is 42.3 Å². The summed E-state index contributed by atoms with van der Waals surface area (Å²) in [6, 6.07) is 7.93. The summed E-state index contributed by atoms with van der Waals surface area (Å²) in [4.78, 5) is 38.1. The van der Waals surface area contributed by atoms with E-state index in [0.717, 1.165) is 78.0 Å². The third kappa shape index (κ3) is 6.36. The van der Waals surface area contributed by atoms with Gasteiger partial charge in [-0.15, -0.1) is 0 Å². The summed E-state index contributed by atoms with van der Waals surface area (Å²) in [7, 11) is 0. The summed E-state index contributed by atoms with van der Waals surface area (Å²) in [5.74, 6) is -1.52. The Kier molecular flexibility index (Phi) is 10.6. The molecule has 0 saturated heterocycles. The number of aliphatic hydroxyl groups excluding tert-OH is 1. The van der Waals surface area contributed by atoms with Crippen LogP contribution >= 0.6 is 0 Å². The van der Waals surface area contributed by atoms with Gasteiger partial charge in [-0.1, -0.05) is 25.3 Å². The van der Waals surface area contributed by atoms with Gasteiger partial charge in [0.05, 0.1) is 22.8 Å². The van der Waals surface area contributed by atoms with Gasteiger partial charge < -0.3 is 37.4 Å². The second-order valence-electron chi connectivity index (χ2n) is 10.7. The number of aliphatic carboxylic acids is 2. The van der Waals surface area contributed by atoms with Crippen molar-refractivity contribution in [3.8, 4) is 0 Å². The van der Waals surface area contributed by atoms with Gasteiger partial charge in [-0.25, -0.2) is 9.97 Å². The molecule has 3 aromatic heterocycles. The smallest absolute Gasteiger partial charge is 1.00 e. The van der Waals surface area contributed by atoms with Crippen LogP contribution in [0.2, 0.25) is 0 Å². The van der Waals surface area contributed by atoms with E-state index in [0.29, 0.717) is 24.2 Å². The molecule has 5 N–H and O–H groups in total. The van der Waals surface area contributed by atoms with E-state index in [2.05, 4.69) is 29.2 Å². The molecule has 5 rings (SSSR count). The molecule has 3 aromatic rings. The fourth-order valence-corrected chi connectivity index (χ4v) is 5.77. The second-order valence-corrected chi connectivity index (χ2v) is 10.7. The minimum absolute atomic E-state index is 0. The summed E-state index contributed by atoms with van der Waals surface area (Å²) >= 11 is 0. The molecular formula is C34H35ClFeN4O4+3. The van der Waals surface area contributed by atoms with Crippen LogP contribution in [-0.2, 0) is 21.9 Å². The van der Waals surface area contributed by atoms with Crippen LogP contribution in [0.5, 0.6) is 0 Å². The molecule has 8 nitrogen and oxygen atoms in total. The fraction of sp³-hybridized carbons (Fsp3) is 0.235. The molecule has 8 bridgehead atoms. The number of fused-ring (bicyclic) bond motifs is 8. The van der Waals surface area contributed by atoms with Gasteiger partial charge in [0.15, 0.2) is 0 Å². The number of H-pyrrole nitrogens is 2. The molecule has 2 aliphatic heterocycles. The number of hydrogen-bond acceptors (Lipinski definition) is 3. The first kappa shape index (κ1) is 34.3. The van der Waals surface area contributed by atoms with Crippen LogP contribution in [0.4, 0.5) is 0 Å². The Balaban J connectivity index is 0.00000264. The van der Waals surface area contributed by atoms with Crippen molar-refractivity contribution in [1.29, 1.82) is 0 Å². The van der Waals surface area contributed by atoms with Crippen LogP contribution in [0.3, 0.4) is 0 Å². The van der Waals surface area contributed by atoms with Crippen LogP contribution in [0.15, 0.2) is 37.4 Å². The fourth-order valence-electron chi connectivity index (χ4n) is 5.77. The maximum absolute atomic E-state index is 11.5. The first-order valence-corrected chi connectivity index (χ1v) is 13.9.